The van der Waals surface area contributed by atoms with Crippen LogP contribution in [0.2, 0.25) is 0 Å². The fraction of sp³-hybridized carbons (Fsp3) is 0.842. The van der Waals surface area contributed by atoms with E-state index in [1.54, 1.807) is 12.1 Å². The highest BCUT2D eigenvalue weighted by Gasteiger charge is 2.04. The molecule has 0 heterocycles. The van der Waals surface area contributed by atoms with Gasteiger partial charge in [0, 0.05) is 18.7 Å². The van der Waals surface area contributed by atoms with Crippen molar-refractivity contribution in [3.05, 3.63) is 34.4 Å². The lowest BCUT2D eigenvalue weighted by Crippen LogP contribution is -2.15. The molecule has 0 fully saturated rings. The highest BCUT2D eigenvalue weighted by Crippen LogP contribution is 2.17. The Kier molecular flexibility index (Phi) is 38.0. The largest absolute Gasteiger partial charge is 0.491 e. The molecule has 0 aromatic heterocycles. The van der Waals surface area contributed by atoms with E-state index in [1.165, 1.54) is 57.1 Å². The van der Waals surface area contributed by atoms with Crippen molar-refractivity contribution in [3.8, 4) is 5.75 Å². The van der Waals surface area contributed by atoms with Crippen LogP contribution in [0.1, 0.15) is 58.3 Å². The minimum absolute atomic E-state index is 0.0266. The molecule has 0 saturated heterocycles. The van der Waals surface area contributed by atoms with Crippen molar-refractivity contribution in [1.29, 1.82) is 0 Å². The van der Waals surface area contributed by atoms with E-state index in [4.69, 9.17) is 56.8 Å². The number of nitrogens with zero attached hydrogens (tertiary/aromatic N) is 1. The molecular formula is C38H69NO14. The van der Waals surface area contributed by atoms with Crippen LogP contribution < -0.4 is 4.74 Å². The lowest BCUT2D eigenvalue weighted by atomic mass is 10.1. The summed E-state index contributed by atoms with van der Waals surface area (Å²) < 4.78 is 66.0. The summed E-state index contributed by atoms with van der Waals surface area (Å²) >= 11 is 0. The first-order chi connectivity index (χ1) is 26.2. The summed E-state index contributed by atoms with van der Waals surface area (Å²) in [4.78, 5) is 10.2. The number of hydrogen-bond donors (Lipinski definition) is 0. The van der Waals surface area contributed by atoms with Crippen LogP contribution in [0.25, 0.3) is 0 Å². The second kappa shape index (κ2) is 41.1. The average Bonchev–Trinajstić information content (AvgIpc) is 3.17. The first-order valence-corrected chi connectivity index (χ1v) is 19.5. The van der Waals surface area contributed by atoms with E-state index < -0.39 is 4.92 Å². The van der Waals surface area contributed by atoms with Gasteiger partial charge in [-0.05, 0) is 18.6 Å². The first kappa shape index (κ1) is 49.0. The summed E-state index contributed by atoms with van der Waals surface area (Å²) in [5.74, 6) is 0.557. The first-order valence-electron chi connectivity index (χ1n) is 19.5. The molecule has 0 N–H and O–H groups in total. The van der Waals surface area contributed by atoms with Crippen LogP contribution in [-0.4, -0.2) is 157 Å². The van der Waals surface area contributed by atoms with Crippen molar-refractivity contribution in [2.45, 2.75) is 58.3 Å². The van der Waals surface area contributed by atoms with E-state index in [2.05, 4.69) is 6.92 Å². The quantitative estimate of drug-likeness (QED) is 0.0480. The van der Waals surface area contributed by atoms with Gasteiger partial charge in [0.25, 0.3) is 5.69 Å². The number of hydrogen-bond acceptors (Lipinski definition) is 14. The molecule has 15 heteroatoms. The maximum atomic E-state index is 10.6. The van der Waals surface area contributed by atoms with E-state index in [0.717, 1.165) is 13.0 Å². The molecule has 15 nitrogen and oxygen atoms in total. The second-order valence-electron chi connectivity index (χ2n) is 11.8. The number of non-ortho nitro benzene ring substituents is 1. The third kappa shape index (κ3) is 36.7. The zero-order chi connectivity index (χ0) is 38.0. The molecule has 0 aliphatic rings. The smallest absolute Gasteiger partial charge is 0.269 e. The van der Waals surface area contributed by atoms with Gasteiger partial charge in [-0.25, -0.2) is 0 Å². The van der Waals surface area contributed by atoms with Crippen LogP contribution in [0.4, 0.5) is 5.69 Å². The Morgan fingerprint density at radius 2 is 0.642 bits per heavy atom. The van der Waals surface area contributed by atoms with Gasteiger partial charge >= 0.3 is 0 Å². The maximum Gasteiger partial charge on any atom is 0.269 e. The summed E-state index contributed by atoms with van der Waals surface area (Å²) in [6.07, 6.45) is 10.5. The molecule has 0 aliphatic heterocycles. The zero-order valence-electron chi connectivity index (χ0n) is 32.4. The van der Waals surface area contributed by atoms with Crippen molar-refractivity contribution < 1.29 is 61.8 Å². The van der Waals surface area contributed by atoms with Crippen molar-refractivity contribution in [1.82, 2.24) is 0 Å². The van der Waals surface area contributed by atoms with Crippen LogP contribution in [0, 0.1) is 10.1 Å². The molecule has 0 bridgehead atoms. The van der Waals surface area contributed by atoms with Crippen LogP contribution in [0.15, 0.2) is 24.3 Å². The molecule has 0 spiro atoms. The van der Waals surface area contributed by atoms with Crippen LogP contribution in [0.3, 0.4) is 0 Å². The molecule has 0 unspecified atom stereocenters. The highest BCUT2D eigenvalue weighted by atomic mass is 16.6. The monoisotopic (exact) mass is 763 g/mol. The van der Waals surface area contributed by atoms with Gasteiger partial charge in [0.15, 0.2) is 0 Å². The van der Waals surface area contributed by atoms with Gasteiger partial charge < -0.3 is 56.8 Å². The van der Waals surface area contributed by atoms with Gasteiger partial charge in [-0.15, -0.1) is 0 Å². The maximum absolute atomic E-state index is 10.6. The Bertz CT molecular complexity index is 883. The Morgan fingerprint density at radius 3 is 0.943 bits per heavy atom. The topological polar surface area (TPSA) is 154 Å². The fourth-order valence-corrected chi connectivity index (χ4v) is 4.52. The molecule has 310 valence electrons. The standard InChI is InChI=1S/C38H69NO14/c1-2-3-4-5-6-7-8-9-14-42-15-16-43-17-18-44-19-20-45-21-22-46-23-24-47-25-26-48-27-28-49-29-30-50-31-32-51-33-34-52-35-36-53-38-12-10-37(11-13-38)39(40)41/h10-13H,2-9,14-36H2,1H3. The third-order valence-corrected chi connectivity index (χ3v) is 7.41. The lowest BCUT2D eigenvalue weighted by Gasteiger charge is -2.09. The molecule has 0 atom stereocenters. The molecule has 0 aliphatic carbocycles. The summed E-state index contributed by atoms with van der Waals surface area (Å²) in [5, 5.41) is 10.6. The predicted octanol–water partition coefficient (Wildman–Crippen LogP) is 5.30. The molecule has 53 heavy (non-hydrogen) atoms. The summed E-state index contributed by atoms with van der Waals surface area (Å²) in [7, 11) is 0. The number of ether oxygens (including phenoxy) is 12. The summed E-state index contributed by atoms with van der Waals surface area (Å²) in [6, 6.07) is 5.92. The Labute approximate surface area is 317 Å². The Balaban J connectivity index is 1.63. The highest BCUT2D eigenvalue weighted by molar-refractivity contribution is 5.35. The van der Waals surface area contributed by atoms with Gasteiger partial charge in [-0.2, -0.15) is 0 Å². The number of nitro benzene ring substituents is 1. The van der Waals surface area contributed by atoms with Gasteiger partial charge in [-0.3, -0.25) is 10.1 Å². The normalized spacial score (nSPS) is 11.4. The van der Waals surface area contributed by atoms with Crippen molar-refractivity contribution in [3.63, 3.8) is 0 Å². The van der Waals surface area contributed by atoms with Crippen LogP contribution >= 0.6 is 0 Å². The number of nitro groups is 1. The van der Waals surface area contributed by atoms with Gasteiger partial charge in [0.2, 0.25) is 0 Å². The molecule has 0 amide bonds. The van der Waals surface area contributed by atoms with E-state index in [-0.39, 0.29) is 5.69 Å². The van der Waals surface area contributed by atoms with Crippen molar-refractivity contribution in [2.24, 2.45) is 0 Å². The minimum atomic E-state index is -0.450. The molecular weight excluding hydrogens is 694 g/mol. The molecule has 1 aromatic rings. The molecule has 0 saturated carbocycles. The minimum Gasteiger partial charge on any atom is -0.491 e. The average molecular weight is 764 g/mol. The molecule has 0 radical (unpaired) electrons. The van der Waals surface area contributed by atoms with Gasteiger partial charge in [-0.1, -0.05) is 51.9 Å². The Hall–Kier alpha value is -2.02. The lowest BCUT2D eigenvalue weighted by molar-refractivity contribution is -0.384. The van der Waals surface area contributed by atoms with Crippen LogP contribution in [0.5, 0.6) is 5.75 Å². The fourth-order valence-electron chi connectivity index (χ4n) is 4.52. The second-order valence-corrected chi connectivity index (χ2v) is 11.8. The van der Waals surface area contributed by atoms with Crippen LogP contribution in [-0.2, 0) is 52.1 Å². The van der Waals surface area contributed by atoms with Crippen molar-refractivity contribution >= 4 is 5.69 Å². The van der Waals surface area contributed by atoms with Crippen molar-refractivity contribution in [2.75, 3.05) is 152 Å². The van der Waals surface area contributed by atoms with E-state index >= 15 is 0 Å². The summed E-state index contributed by atoms with van der Waals surface area (Å²) in [5.41, 5.74) is 0.0266. The molecule has 1 aromatic carbocycles. The zero-order valence-corrected chi connectivity index (χ0v) is 32.4. The summed E-state index contributed by atoms with van der Waals surface area (Å²) in [6.45, 7) is 14.0. The van der Waals surface area contributed by atoms with E-state index in [0.29, 0.717) is 151 Å². The molecule has 1 rings (SSSR count). The predicted molar refractivity (Wildman–Crippen MR) is 200 cm³/mol. The van der Waals surface area contributed by atoms with Gasteiger partial charge in [0.05, 0.1) is 144 Å². The SMILES string of the molecule is CCCCCCCCCCOCCOCCOCCOCCOCCOCCOCCOCCOCCOCCOCCOc1ccc([N+](=O)[O-])cc1. The third-order valence-electron chi connectivity index (χ3n) is 7.41. The number of unbranched alkanes of at least 4 members (excludes halogenated alkanes) is 7. The number of benzene rings is 1. The Morgan fingerprint density at radius 1 is 0.377 bits per heavy atom. The van der Waals surface area contributed by atoms with E-state index in [1.807, 2.05) is 0 Å². The number of rotatable bonds is 44. The van der Waals surface area contributed by atoms with Gasteiger partial charge in [0.1, 0.15) is 12.4 Å². The van der Waals surface area contributed by atoms with E-state index in [9.17, 15) is 10.1 Å².